The SMILES string of the molecule is O=C(Cc1cccc(Br)c1)NCc1nc(-c2cccc(Br)c2)no1. The topological polar surface area (TPSA) is 68.0 Å². The molecule has 24 heavy (non-hydrogen) atoms. The van der Waals surface area contributed by atoms with Gasteiger partial charge in [-0.1, -0.05) is 61.3 Å². The van der Waals surface area contributed by atoms with E-state index in [1.807, 2.05) is 48.5 Å². The lowest BCUT2D eigenvalue weighted by atomic mass is 10.1. The number of carbonyl (C=O) groups excluding carboxylic acids is 1. The first-order valence-corrected chi connectivity index (χ1v) is 8.78. The lowest BCUT2D eigenvalue weighted by Crippen LogP contribution is -2.24. The Morgan fingerprint density at radius 1 is 1.08 bits per heavy atom. The van der Waals surface area contributed by atoms with Crippen LogP contribution in [0.25, 0.3) is 11.4 Å². The van der Waals surface area contributed by atoms with Crippen LogP contribution >= 0.6 is 31.9 Å². The number of nitrogens with zero attached hydrogens (tertiary/aromatic N) is 2. The van der Waals surface area contributed by atoms with Crippen molar-refractivity contribution >= 4 is 37.8 Å². The van der Waals surface area contributed by atoms with Crippen molar-refractivity contribution in [2.45, 2.75) is 13.0 Å². The van der Waals surface area contributed by atoms with E-state index in [0.717, 1.165) is 20.1 Å². The van der Waals surface area contributed by atoms with Crippen LogP contribution in [0.5, 0.6) is 0 Å². The normalized spacial score (nSPS) is 10.6. The lowest BCUT2D eigenvalue weighted by Gasteiger charge is -2.03. The summed E-state index contributed by atoms with van der Waals surface area (Å²) in [6.45, 7) is 0.202. The molecular weight excluding hydrogens is 438 g/mol. The van der Waals surface area contributed by atoms with Crippen LogP contribution < -0.4 is 5.32 Å². The van der Waals surface area contributed by atoms with Gasteiger partial charge in [-0.15, -0.1) is 0 Å². The third-order valence-electron chi connectivity index (χ3n) is 3.24. The number of halogens is 2. The molecule has 1 N–H and O–H groups in total. The molecular formula is C17H13Br2N3O2. The van der Waals surface area contributed by atoms with Crippen LogP contribution in [0.1, 0.15) is 11.5 Å². The highest BCUT2D eigenvalue weighted by molar-refractivity contribution is 9.10. The highest BCUT2D eigenvalue weighted by Crippen LogP contribution is 2.20. The molecule has 0 spiro atoms. The number of carbonyl (C=O) groups is 1. The van der Waals surface area contributed by atoms with Crippen molar-refractivity contribution in [3.8, 4) is 11.4 Å². The zero-order chi connectivity index (χ0) is 16.9. The fourth-order valence-corrected chi connectivity index (χ4v) is 2.99. The summed E-state index contributed by atoms with van der Waals surface area (Å²) in [4.78, 5) is 16.3. The van der Waals surface area contributed by atoms with Crippen LogP contribution in [-0.4, -0.2) is 16.0 Å². The molecule has 7 heteroatoms. The van der Waals surface area contributed by atoms with Crippen molar-refractivity contribution in [2.75, 3.05) is 0 Å². The third-order valence-corrected chi connectivity index (χ3v) is 4.23. The number of aromatic nitrogens is 2. The van der Waals surface area contributed by atoms with Gasteiger partial charge in [-0.3, -0.25) is 4.79 Å². The summed E-state index contributed by atoms with van der Waals surface area (Å²) < 4.78 is 7.07. The molecule has 3 aromatic rings. The van der Waals surface area contributed by atoms with Gasteiger partial charge >= 0.3 is 0 Å². The van der Waals surface area contributed by atoms with Gasteiger partial charge < -0.3 is 9.84 Å². The van der Waals surface area contributed by atoms with Crippen molar-refractivity contribution in [3.63, 3.8) is 0 Å². The Kier molecular flexibility index (Phi) is 5.42. The average Bonchev–Trinajstić information content (AvgIpc) is 3.02. The molecule has 1 amide bonds. The minimum Gasteiger partial charge on any atom is -0.347 e. The first kappa shape index (κ1) is 16.9. The molecule has 0 saturated heterocycles. The molecule has 0 fully saturated rings. The Morgan fingerprint density at radius 2 is 1.83 bits per heavy atom. The molecule has 0 aliphatic carbocycles. The molecule has 0 bridgehead atoms. The summed E-state index contributed by atoms with van der Waals surface area (Å²) in [5, 5.41) is 6.72. The standard InChI is InChI=1S/C17H13Br2N3O2/c18-13-5-1-3-11(7-13)8-15(23)20-10-16-21-17(22-24-16)12-4-2-6-14(19)9-12/h1-7,9H,8,10H2,(H,20,23). The van der Waals surface area contributed by atoms with Crippen molar-refractivity contribution in [1.29, 1.82) is 0 Å². The maximum atomic E-state index is 12.0. The maximum Gasteiger partial charge on any atom is 0.246 e. The van der Waals surface area contributed by atoms with Crippen LogP contribution in [0, 0.1) is 0 Å². The van der Waals surface area contributed by atoms with Crippen molar-refractivity contribution in [1.82, 2.24) is 15.5 Å². The van der Waals surface area contributed by atoms with Crippen LogP contribution in [0.15, 0.2) is 62.0 Å². The second-order valence-corrected chi connectivity index (χ2v) is 6.94. The second-order valence-electron chi connectivity index (χ2n) is 5.11. The molecule has 0 aliphatic rings. The Bertz CT molecular complexity index is 864. The number of rotatable bonds is 5. The zero-order valence-electron chi connectivity index (χ0n) is 12.5. The van der Waals surface area contributed by atoms with Crippen molar-refractivity contribution in [3.05, 3.63) is 68.9 Å². The number of benzene rings is 2. The van der Waals surface area contributed by atoms with Gasteiger partial charge in [0.1, 0.15) is 0 Å². The second kappa shape index (κ2) is 7.72. The van der Waals surface area contributed by atoms with Crippen molar-refractivity contribution < 1.29 is 9.32 Å². The molecule has 122 valence electrons. The fraction of sp³-hybridized carbons (Fsp3) is 0.118. The molecule has 0 radical (unpaired) electrons. The van der Waals surface area contributed by atoms with Gasteiger partial charge in [-0.25, -0.2) is 0 Å². The predicted octanol–water partition coefficient (Wildman–Crippen LogP) is 4.12. The number of amides is 1. The Hall–Kier alpha value is -1.99. The van der Waals surface area contributed by atoms with E-state index in [-0.39, 0.29) is 12.5 Å². The molecule has 1 aromatic heterocycles. The van der Waals surface area contributed by atoms with Gasteiger partial charge in [0.15, 0.2) is 0 Å². The molecule has 0 unspecified atom stereocenters. The highest BCUT2D eigenvalue weighted by Gasteiger charge is 2.10. The fourth-order valence-electron chi connectivity index (χ4n) is 2.14. The minimum atomic E-state index is -0.102. The molecule has 5 nitrogen and oxygen atoms in total. The van der Waals surface area contributed by atoms with E-state index in [1.54, 1.807) is 0 Å². The van der Waals surface area contributed by atoms with Crippen LogP contribution in [0.3, 0.4) is 0 Å². The first-order chi connectivity index (χ1) is 11.6. The molecule has 0 saturated carbocycles. The van der Waals surface area contributed by atoms with Crippen LogP contribution in [0.2, 0.25) is 0 Å². The predicted molar refractivity (Wildman–Crippen MR) is 97.1 cm³/mol. The highest BCUT2D eigenvalue weighted by atomic mass is 79.9. The van der Waals surface area contributed by atoms with E-state index in [1.165, 1.54) is 0 Å². The molecule has 0 atom stereocenters. The van der Waals surface area contributed by atoms with Gasteiger partial charge in [0.05, 0.1) is 13.0 Å². The summed E-state index contributed by atoms with van der Waals surface area (Å²) in [5.74, 6) is 0.760. The summed E-state index contributed by atoms with van der Waals surface area (Å²) >= 11 is 6.80. The quantitative estimate of drug-likeness (QED) is 0.634. The van der Waals surface area contributed by atoms with Crippen molar-refractivity contribution in [2.24, 2.45) is 0 Å². The summed E-state index contributed by atoms with van der Waals surface area (Å²) in [6, 6.07) is 15.3. The minimum absolute atomic E-state index is 0.102. The van der Waals surface area contributed by atoms with Gasteiger partial charge in [0.25, 0.3) is 0 Å². The van der Waals surface area contributed by atoms with E-state index in [9.17, 15) is 4.79 Å². The van der Waals surface area contributed by atoms with Gasteiger partial charge in [-0.2, -0.15) is 4.98 Å². The van der Waals surface area contributed by atoms with Crippen LogP contribution in [-0.2, 0) is 17.8 Å². The largest absolute Gasteiger partial charge is 0.347 e. The van der Waals surface area contributed by atoms with Crippen LogP contribution in [0.4, 0.5) is 0 Å². The average molecular weight is 451 g/mol. The Morgan fingerprint density at radius 3 is 2.58 bits per heavy atom. The lowest BCUT2D eigenvalue weighted by molar-refractivity contribution is -0.120. The van der Waals surface area contributed by atoms with Gasteiger partial charge in [0, 0.05) is 14.5 Å². The summed E-state index contributed by atoms with van der Waals surface area (Å²) in [7, 11) is 0. The first-order valence-electron chi connectivity index (χ1n) is 7.20. The molecule has 2 aromatic carbocycles. The number of hydrogen-bond donors (Lipinski definition) is 1. The smallest absolute Gasteiger partial charge is 0.246 e. The zero-order valence-corrected chi connectivity index (χ0v) is 15.7. The Balaban J connectivity index is 1.58. The van der Waals surface area contributed by atoms with Gasteiger partial charge in [-0.05, 0) is 29.8 Å². The molecule has 3 rings (SSSR count). The summed E-state index contributed by atoms with van der Waals surface area (Å²) in [6.07, 6.45) is 0.298. The molecule has 0 aliphatic heterocycles. The number of nitrogens with one attached hydrogen (secondary N) is 1. The third kappa shape index (κ3) is 4.52. The Labute approximate surface area is 155 Å². The summed E-state index contributed by atoms with van der Waals surface area (Å²) in [5.41, 5.74) is 1.78. The van der Waals surface area contributed by atoms with E-state index in [0.29, 0.717) is 18.1 Å². The van der Waals surface area contributed by atoms with E-state index in [2.05, 4.69) is 47.3 Å². The monoisotopic (exact) mass is 449 g/mol. The number of hydrogen-bond acceptors (Lipinski definition) is 4. The molecule has 1 heterocycles. The van der Waals surface area contributed by atoms with E-state index in [4.69, 9.17) is 4.52 Å². The maximum absolute atomic E-state index is 12.0. The van der Waals surface area contributed by atoms with E-state index >= 15 is 0 Å². The van der Waals surface area contributed by atoms with Gasteiger partial charge in [0.2, 0.25) is 17.6 Å². The van der Waals surface area contributed by atoms with E-state index < -0.39 is 0 Å².